The summed E-state index contributed by atoms with van der Waals surface area (Å²) in [7, 11) is -4.20. The van der Waals surface area contributed by atoms with Gasteiger partial charge in [0.25, 0.3) is 26.2 Å². The fourth-order valence-corrected chi connectivity index (χ4v) is 5.43. The quantitative estimate of drug-likeness (QED) is 0.276. The third kappa shape index (κ3) is 5.88. The molecule has 0 bridgehead atoms. The molecule has 9 nitrogen and oxygen atoms in total. The Balaban J connectivity index is 1.49. The van der Waals surface area contributed by atoms with Crippen molar-refractivity contribution in [3.8, 4) is 0 Å². The molecular formula is C24H20ClN5O4S2. The van der Waals surface area contributed by atoms with E-state index in [1.54, 1.807) is 30.3 Å². The minimum atomic E-state index is -4.20. The Labute approximate surface area is 216 Å². The van der Waals surface area contributed by atoms with Crippen molar-refractivity contribution >= 4 is 55.6 Å². The highest BCUT2D eigenvalue weighted by Gasteiger charge is 2.24. The summed E-state index contributed by atoms with van der Waals surface area (Å²) in [5, 5.41) is 13.0. The number of amides is 2. The molecule has 0 aliphatic heterocycles. The molecule has 1 heterocycles. The molecule has 1 aromatic heterocycles. The lowest BCUT2D eigenvalue weighted by Gasteiger charge is -2.16. The molecule has 0 spiro atoms. The van der Waals surface area contributed by atoms with Crippen LogP contribution in [0.1, 0.15) is 39.2 Å². The summed E-state index contributed by atoms with van der Waals surface area (Å²) in [4.78, 5) is 25.4. The maximum absolute atomic E-state index is 13.0. The van der Waals surface area contributed by atoms with Crippen LogP contribution in [0, 0.1) is 0 Å². The van der Waals surface area contributed by atoms with Gasteiger partial charge in [-0.25, -0.2) is 0 Å². The number of anilines is 2. The lowest BCUT2D eigenvalue weighted by atomic mass is 10.1. The normalized spacial score (nSPS) is 11.9. The Hall–Kier alpha value is -3.80. The molecule has 3 N–H and O–H groups in total. The molecule has 0 saturated carbocycles. The molecule has 3 aromatic carbocycles. The first-order chi connectivity index (χ1) is 17.2. The van der Waals surface area contributed by atoms with Crippen molar-refractivity contribution in [1.82, 2.24) is 15.5 Å². The lowest BCUT2D eigenvalue weighted by molar-refractivity contribution is 0.0940. The van der Waals surface area contributed by atoms with Crippen molar-refractivity contribution in [3.63, 3.8) is 0 Å². The second-order valence-electron chi connectivity index (χ2n) is 7.56. The first-order valence-corrected chi connectivity index (χ1v) is 13.3. The Bertz CT molecular complexity index is 1510. The van der Waals surface area contributed by atoms with E-state index < -0.39 is 21.8 Å². The minimum absolute atomic E-state index is 0.0250. The molecule has 1 atom stereocenters. The van der Waals surface area contributed by atoms with Crippen LogP contribution < -0.4 is 15.4 Å². The third-order valence-corrected chi connectivity index (χ3v) is 7.94. The number of hydrogen-bond acceptors (Lipinski definition) is 7. The van der Waals surface area contributed by atoms with Gasteiger partial charge in [-0.15, -0.1) is 10.2 Å². The molecular weight excluding hydrogens is 522 g/mol. The van der Waals surface area contributed by atoms with Crippen LogP contribution in [0.2, 0.25) is 5.02 Å². The number of carbonyl (C=O) groups excluding carboxylic acids is 2. The van der Waals surface area contributed by atoms with E-state index in [2.05, 4.69) is 25.6 Å². The van der Waals surface area contributed by atoms with Crippen molar-refractivity contribution in [3.05, 3.63) is 101 Å². The maximum atomic E-state index is 13.0. The number of halogens is 1. The smallest absolute Gasteiger partial charge is 0.291 e. The number of nitrogens with zero attached hydrogens (tertiary/aromatic N) is 2. The van der Waals surface area contributed by atoms with Crippen molar-refractivity contribution in [2.45, 2.75) is 17.3 Å². The maximum Gasteiger partial charge on any atom is 0.291 e. The molecule has 0 aliphatic carbocycles. The second-order valence-corrected chi connectivity index (χ2v) is 10.8. The van der Waals surface area contributed by atoms with Crippen LogP contribution in [0.15, 0.2) is 83.2 Å². The predicted molar refractivity (Wildman–Crippen MR) is 139 cm³/mol. The topological polar surface area (TPSA) is 130 Å². The van der Waals surface area contributed by atoms with Gasteiger partial charge in [-0.2, -0.15) is 8.42 Å². The number of sulfonamides is 1. The number of aromatic nitrogens is 2. The summed E-state index contributed by atoms with van der Waals surface area (Å²) in [6.45, 7) is 1.83. The average Bonchev–Trinajstić information content (AvgIpc) is 3.34. The van der Waals surface area contributed by atoms with E-state index >= 15 is 0 Å². The summed E-state index contributed by atoms with van der Waals surface area (Å²) in [6.07, 6.45) is 0. The molecule has 184 valence electrons. The van der Waals surface area contributed by atoms with Crippen molar-refractivity contribution in [2.24, 2.45) is 0 Å². The van der Waals surface area contributed by atoms with E-state index in [-0.39, 0.29) is 37.3 Å². The number of rotatable bonds is 8. The monoisotopic (exact) mass is 541 g/mol. The van der Waals surface area contributed by atoms with Gasteiger partial charge in [0.05, 0.1) is 27.9 Å². The van der Waals surface area contributed by atoms with E-state index in [1.165, 1.54) is 18.2 Å². The van der Waals surface area contributed by atoms with Gasteiger partial charge in [0.2, 0.25) is 5.13 Å². The Morgan fingerprint density at radius 3 is 2.22 bits per heavy atom. The first-order valence-electron chi connectivity index (χ1n) is 10.6. The molecule has 36 heavy (non-hydrogen) atoms. The molecule has 0 fully saturated rings. The highest BCUT2D eigenvalue weighted by Crippen LogP contribution is 2.26. The zero-order valence-electron chi connectivity index (χ0n) is 18.8. The van der Waals surface area contributed by atoms with Crippen molar-refractivity contribution in [1.29, 1.82) is 0 Å². The minimum Gasteiger partial charge on any atom is -0.345 e. The van der Waals surface area contributed by atoms with Gasteiger partial charge in [-0.1, -0.05) is 77.5 Å². The molecule has 1 unspecified atom stereocenters. The number of para-hydroxylation sites is 1. The molecule has 12 heteroatoms. The van der Waals surface area contributed by atoms with Gasteiger partial charge in [0.15, 0.2) is 0 Å². The summed E-state index contributed by atoms with van der Waals surface area (Å²) in [5.41, 5.74) is 1.33. The highest BCUT2D eigenvalue weighted by molar-refractivity contribution is 7.94. The van der Waals surface area contributed by atoms with Crippen LogP contribution in [0.5, 0.6) is 0 Å². The SMILES string of the molecule is CC(NC(=O)c1ccccc1NS(=O)(=O)c1nnc(NC(=O)c2ccccc2Cl)s1)c1ccccc1. The zero-order valence-corrected chi connectivity index (χ0v) is 21.2. The van der Waals surface area contributed by atoms with E-state index in [9.17, 15) is 18.0 Å². The van der Waals surface area contributed by atoms with Gasteiger partial charge in [-0.05, 0) is 36.8 Å². The van der Waals surface area contributed by atoms with Gasteiger partial charge in [0, 0.05) is 0 Å². The van der Waals surface area contributed by atoms with Gasteiger partial charge < -0.3 is 5.32 Å². The van der Waals surface area contributed by atoms with Crippen molar-refractivity contribution in [2.75, 3.05) is 10.0 Å². The van der Waals surface area contributed by atoms with Crippen LogP contribution in [-0.2, 0) is 10.0 Å². The molecule has 4 aromatic rings. The fraction of sp³-hybridized carbons (Fsp3) is 0.0833. The second kappa shape index (κ2) is 10.9. The highest BCUT2D eigenvalue weighted by atomic mass is 35.5. The van der Waals surface area contributed by atoms with Crippen molar-refractivity contribution < 1.29 is 18.0 Å². The first kappa shape index (κ1) is 25.3. The molecule has 0 radical (unpaired) electrons. The standard InChI is InChI=1S/C24H20ClN5O4S2/c1-15(16-9-3-2-4-10-16)26-22(32)18-12-6-8-14-20(18)30-36(33,34)24-29-28-23(35-24)27-21(31)17-11-5-7-13-19(17)25/h2-15,30H,1H3,(H,26,32)(H,27,28,31). The van der Waals surface area contributed by atoms with Crippen LogP contribution in [-0.4, -0.2) is 30.4 Å². The number of nitrogens with one attached hydrogen (secondary N) is 3. The van der Waals surface area contributed by atoms with Crippen LogP contribution in [0.4, 0.5) is 10.8 Å². The Morgan fingerprint density at radius 2 is 1.50 bits per heavy atom. The predicted octanol–water partition coefficient (Wildman–Crippen LogP) is 4.74. The van der Waals surface area contributed by atoms with E-state index in [0.29, 0.717) is 11.3 Å². The van der Waals surface area contributed by atoms with Crippen LogP contribution >= 0.6 is 22.9 Å². The summed E-state index contributed by atoms with van der Waals surface area (Å²) < 4.78 is 28.0. The van der Waals surface area contributed by atoms with E-state index in [1.807, 2.05) is 37.3 Å². The number of carbonyl (C=O) groups is 2. The van der Waals surface area contributed by atoms with E-state index in [4.69, 9.17) is 11.6 Å². The zero-order chi connectivity index (χ0) is 25.7. The van der Waals surface area contributed by atoms with E-state index in [0.717, 1.165) is 5.56 Å². The molecule has 2 amide bonds. The fourth-order valence-electron chi connectivity index (χ4n) is 3.24. The van der Waals surface area contributed by atoms with Crippen LogP contribution in [0.25, 0.3) is 0 Å². The largest absolute Gasteiger partial charge is 0.345 e. The summed E-state index contributed by atoms with van der Waals surface area (Å²) in [5.74, 6) is -1.00. The Morgan fingerprint density at radius 1 is 0.861 bits per heavy atom. The number of benzene rings is 3. The number of hydrogen-bond donors (Lipinski definition) is 3. The third-order valence-electron chi connectivity index (χ3n) is 5.04. The molecule has 0 saturated heterocycles. The summed E-state index contributed by atoms with van der Waals surface area (Å²) in [6, 6.07) is 21.7. The van der Waals surface area contributed by atoms with Gasteiger partial charge in [-0.3, -0.25) is 19.6 Å². The Kier molecular flexibility index (Phi) is 7.63. The van der Waals surface area contributed by atoms with Gasteiger partial charge in [0.1, 0.15) is 0 Å². The van der Waals surface area contributed by atoms with Crippen LogP contribution in [0.3, 0.4) is 0 Å². The molecule has 0 aliphatic rings. The average molecular weight is 542 g/mol. The molecule has 4 rings (SSSR count). The summed E-state index contributed by atoms with van der Waals surface area (Å²) >= 11 is 6.69. The van der Waals surface area contributed by atoms with Gasteiger partial charge >= 0.3 is 0 Å². The lowest BCUT2D eigenvalue weighted by Crippen LogP contribution is -2.28.